The van der Waals surface area contributed by atoms with Crippen molar-refractivity contribution in [3.8, 4) is 0 Å². The third-order valence-electron chi connectivity index (χ3n) is 6.71. The molecular weight excluding hydrogens is 412 g/mol. The zero-order valence-corrected chi connectivity index (χ0v) is 18.5. The van der Waals surface area contributed by atoms with E-state index in [1.807, 2.05) is 48.5 Å². The van der Waals surface area contributed by atoms with Crippen LogP contribution in [0.25, 0.3) is 10.9 Å². The first-order valence-electron chi connectivity index (χ1n) is 11.5. The molecule has 1 atom stereocenters. The van der Waals surface area contributed by atoms with E-state index < -0.39 is 0 Å². The number of nitrogens with zero attached hydrogens (tertiary/aromatic N) is 2. The molecule has 2 aliphatic rings. The lowest BCUT2D eigenvalue weighted by Gasteiger charge is -2.30. The van der Waals surface area contributed by atoms with Crippen molar-refractivity contribution in [2.45, 2.75) is 51.1 Å². The molecule has 5 nitrogen and oxygen atoms in total. The van der Waals surface area contributed by atoms with Gasteiger partial charge in [0.1, 0.15) is 5.78 Å². The third kappa shape index (κ3) is 4.36. The van der Waals surface area contributed by atoms with Crippen molar-refractivity contribution in [1.29, 1.82) is 0 Å². The summed E-state index contributed by atoms with van der Waals surface area (Å²) < 4.78 is 0. The van der Waals surface area contributed by atoms with Crippen LogP contribution in [0.1, 0.15) is 52.7 Å². The van der Waals surface area contributed by atoms with Crippen molar-refractivity contribution < 1.29 is 14.4 Å². The second-order valence-corrected chi connectivity index (χ2v) is 9.12. The summed E-state index contributed by atoms with van der Waals surface area (Å²) in [5.74, 6) is 0.205. The fourth-order valence-electron chi connectivity index (χ4n) is 4.92. The Labute approximate surface area is 193 Å². The van der Waals surface area contributed by atoms with E-state index in [0.29, 0.717) is 44.2 Å². The van der Waals surface area contributed by atoms with E-state index in [1.165, 1.54) is 0 Å². The average Bonchev–Trinajstić information content (AvgIpc) is 3.13. The van der Waals surface area contributed by atoms with Gasteiger partial charge >= 0.3 is 0 Å². The fourth-order valence-corrected chi connectivity index (χ4v) is 4.92. The van der Waals surface area contributed by atoms with E-state index in [1.54, 1.807) is 11.1 Å². The van der Waals surface area contributed by atoms with Gasteiger partial charge < -0.3 is 4.90 Å². The number of rotatable bonds is 6. The van der Waals surface area contributed by atoms with Gasteiger partial charge in [0.2, 0.25) is 0 Å². The minimum atomic E-state index is -0.349. The SMILES string of the molecule is C=C1CCC(N2Cc3cc(CCC(=O)Cc4ccc5ncccc5c4)ccc3C2=O)C(=O)C1. The smallest absolute Gasteiger partial charge is 0.255 e. The zero-order chi connectivity index (χ0) is 22.9. The summed E-state index contributed by atoms with van der Waals surface area (Å²) in [7, 11) is 0. The Kier molecular flexibility index (Phi) is 5.63. The standard InChI is InChI=1S/C28H26N2O3/c1-18-4-11-26(27(32)13-18)30-17-22-14-19(6-9-24(22)28(30)33)5-8-23(31)16-20-7-10-25-21(15-20)3-2-12-29-25/h2-3,6-7,9-10,12,14-15,26H,1,4-5,8,11,13,16-17H2. The Morgan fingerprint density at radius 2 is 1.94 bits per heavy atom. The zero-order valence-electron chi connectivity index (χ0n) is 18.5. The molecule has 166 valence electrons. The number of ketones is 2. The van der Waals surface area contributed by atoms with Gasteiger partial charge in [-0.05, 0) is 60.2 Å². The molecule has 1 aliphatic heterocycles. The molecule has 0 N–H and O–H groups in total. The average molecular weight is 439 g/mol. The van der Waals surface area contributed by atoms with E-state index in [2.05, 4.69) is 11.6 Å². The molecule has 1 fully saturated rings. The number of aromatic nitrogens is 1. The Balaban J connectivity index is 1.21. The number of hydrogen-bond acceptors (Lipinski definition) is 4. The number of allylic oxidation sites excluding steroid dienone is 1. The minimum Gasteiger partial charge on any atom is -0.324 e. The number of hydrogen-bond donors (Lipinski definition) is 0. The molecule has 1 unspecified atom stereocenters. The molecule has 2 heterocycles. The van der Waals surface area contributed by atoms with Crippen molar-refractivity contribution in [3.63, 3.8) is 0 Å². The molecule has 0 bridgehead atoms. The molecule has 33 heavy (non-hydrogen) atoms. The van der Waals surface area contributed by atoms with Crippen LogP contribution >= 0.6 is 0 Å². The van der Waals surface area contributed by atoms with Crippen molar-refractivity contribution >= 4 is 28.4 Å². The molecule has 1 aliphatic carbocycles. The quantitative estimate of drug-likeness (QED) is 0.527. The van der Waals surface area contributed by atoms with E-state index >= 15 is 0 Å². The van der Waals surface area contributed by atoms with Crippen LogP contribution in [-0.4, -0.2) is 33.4 Å². The maximum Gasteiger partial charge on any atom is 0.255 e. The van der Waals surface area contributed by atoms with E-state index in [-0.39, 0.29) is 23.5 Å². The molecule has 1 saturated carbocycles. The molecular formula is C28H26N2O3. The summed E-state index contributed by atoms with van der Waals surface area (Å²) >= 11 is 0. The molecule has 5 heteroatoms. The second kappa shape index (κ2) is 8.74. The van der Waals surface area contributed by atoms with Crippen LogP contribution in [0.2, 0.25) is 0 Å². The number of aryl methyl sites for hydroxylation is 1. The van der Waals surface area contributed by atoms with Crippen LogP contribution in [0.15, 0.2) is 66.9 Å². The van der Waals surface area contributed by atoms with Gasteiger partial charge in [-0.1, -0.05) is 36.4 Å². The number of benzene rings is 2. The second-order valence-electron chi connectivity index (χ2n) is 9.12. The highest BCUT2D eigenvalue weighted by Gasteiger charge is 2.37. The molecule has 1 aromatic heterocycles. The molecule has 3 aromatic rings. The van der Waals surface area contributed by atoms with Crippen molar-refractivity contribution in [2.75, 3.05) is 0 Å². The van der Waals surface area contributed by atoms with Crippen LogP contribution in [0.3, 0.4) is 0 Å². The summed E-state index contributed by atoms with van der Waals surface area (Å²) in [6, 6.07) is 15.3. The summed E-state index contributed by atoms with van der Waals surface area (Å²) in [5, 5.41) is 1.04. The van der Waals surface area contributed by atoms with Crippen LogP contribution < -0.4 is 0 Å². The first-order chi connectivity index (χ1) is 16.0. The van der Waals surface area contributed by atoms with Gasteiger partial charge in [0.15, 0.2) is 5.78 Å². The summed E-state index contributed by atoms with van der Waals surface area (Å²) in [6.45, 7) is 4.38. The van der Waals surface area contributed by atoms with Crippen LogP contribution in [0.4, 0.5) is 0 Å². The highest BCUT2D eigenvalue weighted by Crippen LogP contribution is 2.31. The highest BCUT2D eigenvalue weighted by molar-refractivity contribution is 6.02. The van der Waals surface area contributed by atoms with Crippen LogP contribution in [0.5, 0.6) is 0 Å². The minimum absolute atomic E-state index is 0.0655. The lowest BCUT2D eigenvalue weighted by Crippen LogP contribution is -2.43. The van der Waals surface area contributed by atoms with Gasteiger partial charge in [-0.2, -0.15) is 0 Å². The summed E-state index contributed by atoms with van der Waals surface area (Å²) in [6.07, 6.45) is 5.06. The Hall–Kier alpha value is -3.60. The molecule has 0 radical (unpaired) electrons. The van der Waals surface area contributed by atoms with Crippen LogP contribution in [-0.2, 0) is 29.0 Å². The number of pyridine rings is 1. The van der Waals surface area contributed by atoms with E-state index in [9.17, 15) is 14.4 Å². The Morgan fingerprint density at radius 1 is 1.09 bits per heavy atom. The first kappa shape index (κ1) is 21.3. The number of carbonyl (C=O) groups is 3. The molecule has 1 amide bonds. The first-order valence-corrected chi connectivity index (χ1v) is 11.5. The summed E-state index contributed by atoms with van der Waals surface area (Å²) in [4.78, 5) is 44.0. The number of amides is 1. The lowest BCUT2D eigenvalue weighted by atomic mass is 9.90. The largest absolute Gasteiger partial charge is 0.324 e. The van der Waals surface area contributed by atoms with Crippen molar-refractivity contribution in [1.82, 2.24) is 9.88 Å². The maximum absolute atomic E-state index is 12.9. The fraction of sp³-hybridized carbons (Fsp3) is 0.286. The van der Waals surface area contributed by atoms with E-state index in [0.717, 1.165) is 39.6 Å². The van der Waals surface area contributed by atoms with Gasteiger partial charge in [0.05, 0.1) is 11.6 Å². The van der Waals surface area contributed by atoms with Crippen LogP contribution in [0, 0.1) is 0 Å². The van der Waals surface area contributed by atoms with Gasteiger partial charge in [-0.3, -0.25) is 19.4 Å². The highest BCUT2D eigenvalue weighted by atomic mass is 16.2. The lowest BCUT2D eigenvalue weighted by molar-refractivity contribution is -0.124. The number of Topliss-reactive ketones (excluding diaryl/α,β-unsaturated/α-hetero) is 2. The van der Waals surface area contributed by atoms with Crippen molar-refractivity contribution in [3.05, 3.63) is 89.1 Å². The number of fused-ring (bicyclic) bond motifs is 2. The van der Waals surface area contributed by atoms with Gasteiger partial charge in [-0.15, -0.1) is 0 Å². The van der Waals surface area contributed by atoms with Gasteiger partial charge in [0, 0.05) is 43.0 Å². The monoisotopic (exact) mass is 438 g/mol. The third-order valence-corrected chi connectivity index (χ3v) is 6.71. The number of carbonyl (C=O) groups excluding carboxylic acids is 3. The predicted molar refractivity (Wildman–Crippen MR) is 127 cm³/mol. The van der Waals surface area contributed by atoms with E-state index in [4.69, 9.17) is 0 Å². The predicted octanol–water partition coefficient (Wildman–Crippen LogP) is 4.61. The topological polar surface area (TPSA) is 67.3 Å². The van der Waals surface area contributed by atoms with Gasteiger partial charge in [-0.25, -0.2) is 0 Å². The maximum atomic E-state index is 12.9. The Bertz CT molecular complexity index is 1290. The molecule has 2 aromatic carbocycles. The molecule has 5 rings (SSSR count). The summed E-state index contributed by atoms with van der Waals surface area (Å²) in [5.41, 5.74) is 5.54. The Morgan fingerprint density at radius 3 is 2.79 bits per heavy atom. The molecule has 0 saturated heterocycles. The van der Waals surface area contributed by atoms with Crippen molar-refractivity contribution in [2.24, 2.45) is 0 Å². The molecule has 0 spiro atoms. The normalized spacial score (nSPS) is 18.1. The van der Waals surface area contributed by atoms with Gasteiger partial charge in [0.25, 0.3) is 5.91 Å².